The van der Waals surface area contributed by atoms with Crippen molar-refractivity contribution in [2.75, 3.05) is 13.2 Å². The van der Waals surface area contributed by atoms with Crippen LogP contribution in [0.5, 0.6) is 0 Å². The Morgan fingerprint density at radius 2 is 2.12 bits per heavy atom. The molecule has 86 valence electrons. The van der Waals surface area contributed by atoms with Crippen LogP contribution in [0.1, 0.15) is 12.5 Å². The van der Waals surface area contributed by atoms with Crippen molar-refractivity contribution < 1.29 is 14.3 Å². The summed E-state index contributed by atoms with van der Waals surface area (Å²) in [6, 6.07) is 3.71. The van der Waals surface area contributed by atoms with Crippen molar-refractivity contribution in [1.29, 1.82) is 0 Å². The second-order valence-electron chi connectivity index (χ2n) is 3.17. The molecular formula is C12H15NO3. The summed E-state index contributed by atoms with van der Waals surface area (Å²) in [5.74, 6) is -0.405. The lowest BCUT2D eigenvalue weighted by molar-refractivity contribution is -0.139. The first-order valence-corrected chi connectivity index (χ1v) is 5.05. The van der Waals surface area contributed by atoms with Crippen molar-refractivity contribution in [1.82, 2.24) is 4.98 Å². The van der Waals surface area contributed by atoms with E-state index in [9.17, 15) is 4.79 Å². The first-order valence-electron chi connectivity index (χ1n) is 5.05. The number of nitrogens with zero attached hydrogens (tertiary/aromatic N) is 1. The number of hydrogen-bond acceptors (Lipinski definition) is 4. The van der Waals surface area contributed by atoms with Gasteiger partial charge in [-0.25, -0.2) is 4.79 Å². The molecule has 0 aliphatic rings. The van der Waals surface area contributed by atoms with Crippen molar-refractivity contribution >= 4 is 5.97 Å². The summed E-state index contributed by atoms with van der Waals surface area (Å²) in [6.07, 6.45) is 3.39. The van der Waals surface area contributed by atoms with Crippen LogP contribution in [0.25, 0.3) is 0 Å². The molecule has 4 heteroatoms. The lowest BCUT2D eigenvalue weighted by Gasteiger charge is -2.06. The third-order valence-corrected chi connectivity index (χ3v) is 1.86. The van der Waals surface area contributed by atoms with E-state index in [1.807, 2.05) is 12.1 Å². The van der Waals surface area contributed by atoms with Gasteiger partial charge in [-0.3, -0.25) is 4.98 Å². The quantitative estimate of drug-likeness (QED) is 0.542. The SMILES string of the molecule is C=C(COCc1ccncc1)C(=O)OCC. The van der Waals surface area contributed by atoms with Crippen LogP contribution in [0.15, 0.2) is 36.7 Å². The minimum atomic E-state index is -0.405. The predicted molar refractivity (Wildman–Crippen MR) is 59.7 cm³/mol. The van der Waals surface area contributed by atoms with Gasteiger partial charge in [-0.15, -0.1) is 0 Å². The molecule has 0 bridgehead atoms. The summed E-state index contributed by atoms with van der Waals surface area (Å²) in [4.78, 5) is 15.1. The van der Waals surface area contributed by atoms with Crippen LogP contribution in [0, 0.1) is 0 Å². The second kappa shape index (κ2) is 6.74. The summed E-state index contributed by atoms with van der Waals surface area (Å²) in [6.45, 7) is 6.31. The van der Waals surface area contributed by atoms with Gasteiger partial charge in [-0.05, 0) is 24.6 Å². The molecule has 0 radical (unpaired) electrons. The highest BCUT2D eigenvalue weighted by molar-refractivity contribution is 5.87. The van der Waals surface area contributed by atoms with Crippen LogP contribution < -0.4 is 0 Å². The Hall–Kier alpha value is -1.68. The molecule has 0 atom stereocenters. The molecule has 0 saturated carbocycles. The normalized spacial score (nSPS) is 9.81. The Kier molecular flexibility index (Phi) is 5.22. The van der Waals surface area contributed by atoms with E-state index in [2.05, 4.69) is 11.6 Å². The zero-order valence-electron chi connectivity index (χ0n) is 9.31. The van der Waals surface area contributed by atoms with E-state index in [1.165, 1.54) is 0 Å². The molecule has 0 saturated heterocycles. The predicted octanol–water partition coefficient (Wildman–Crippen LogP) is 1.72. The highest BCUT2D eigenvalue weighted by Crippen LogP contribution is 2.02. The maximum absolute atomic E-state index is 11.2. The van der Waals surface area contributed by atoms with Crippen molar-refractivity contribution in [2.24, 2.45) is 0 Å². The van der Waals surface area contributed by atoms with Gasteiger partial charge in [-0.1, -0.05) is 6.58 Å². The van der Waals surface area contributed by atoms with Gasteiger partial charge in [-0.2, -0.15) is 0 Å². The Morgan fingerprint density at radius 1 is 1.44 bits per heavy atom. The van der Waals surface area contributed by atoms with Crippen LogP contribution >= 0.6 is 0 Å². The van der Waals surface area contributed by atoms with Crippen molar-refractivity contribution in [3.63, 3.8) is 0 Å². The Labute approximate surface area is 94.9 Å². The van der Waals surface area contributed by atoms with Gasteiger partial charge in [0.15, 0.2) is 0 Å². The summed E-state index contributed by atoms with van der Waals surface area (Å²) < 4.78 is 10.1. The zero-order chi connectivity index (χ0) is 11.8. The first kappa shape index (κ1) is 12.4. The van der Waals surface area contributed by atoms with Crippen LogP contribution in [0.2, 0.25) is 0 Å². The molecule has 0 aliphatic carbocycles. The molecule has 1 aromatic heterocycles. The number of pyridine rings is 1. The molecule has 0 N–H and O–H groups in total. The Morgan fingerprint density at radius 3 is 2.75 bits per heavy atom. The topological polar surface area (TPSA) is 48.4 Å². The second-order valence-corrected chi connectivity index (χ2v) is 3.17. The molecular weight excluding hydrogens is 206 g/mol. The van der Waals surface area contributed by atoms with Crippen LogP contribution in [-0.4, -0.2) is 24.2 Å². The lowest BCUT2D eigenvalue weighted by atomic mass is 10.3. The molecule has 1 rings (SSSR count). The van der Waals surface area contributed by atoms with E-state index in [-0.39, 0.29) is 6.61 Å². The number of hydrogen-bond donors (Lipinski definition) is 0. The molecule has 0 aliphatic heterocycles. The largest absolute Gasteiger partial charge is 0.463 e. The van der Waals surface area contributed by atoms with Gasteiger partial charge < -0.3 is 9.47 Å². The summed E-state index contributed by atoms with van der Waals surface area (Å²) in [7, 11) is 0. The number of ether oxygens (including phenoxy) is 2. The average Bonchev–Trinajstić information content (AvgIpc) is 2.30. The number of rotatable bonds is 6. The molecule has 0 aromatic carbocycles. The van der Waals surface area contributed by atoms with Gasteiger partial charge in [0.2, 0.25) is 0 Å². The smallest absolute Gasteiger partial charge is 0.335 e. The number of carbonyl (C=O) groups is 1. The van der Waals surface area contributed by atoms with Crippen LogP contribution in [0.3, 0.4) is 0 Å². The third-order valence-electron chi connectivity index (χ3n) is 1.86. The van der Waals surface area contributed by atoms with Crippen molar-refractivity contribution in [2.45, 2.75) is 13.5 Å². The standard InChI is InChI=1S/C12H15NO3/c1-3-16-12(14)10(2)8-15-9-11-4-6-13-7-5-11/h4-7H,2-3,8-9H2,1H3. The van der Waals surface area contributed by atoms with Gasteiger partial charge in [0.05, 0.1) is 25.4 Å². The molecule has 16 heavy (non-hydrogen) atoms. The average molecular weight is 221 g/mol. The molecule has 0 spiro atoms. The highest BCUT2D eigenvalue weighted by Gasteiger charge is 2.07. The number of esters is 1. The lowest BCUT2D eigenvalue weighted by Crippen LogP contribution is -2.11. The van der Waals surface area contributed by atoms with E-state index in [1.54, 1.807) is 19.3 Å². The fraction of sp³-hybridized carbons (Fsp3) is 0.333. The third kappa shape index (κ3) is 4.23. The van der Waals surface area contributed by atoms with E-state index in [4.69, 9.17) is 9.47 Å². The molecule has 1 heterocycles. The molecule has 0 unspecified atom stereocenters. The first-order chi connectivity index (χ1) is 7.74. The van der Waals surface area contributed by atoms with E-state index in [0.717, 1.165) is 5.56 Å². The summed E-state index contributed by atoms with van der Waals surface area (Å²) in [5.41, 5.74) is 1.34. The van der Waals surface area contributed by atoms with Crippen LogP contribution in [-0.2, 0) is 20.9 Å². The van der Waals surface area contributed by atoms with Crippen LogP contribution in [0.4, 0.5) is 0 Å². The summed E-state index contributed by atoms with van der Waals surface area (Å²) in [5, 5.41) is 0. The van der Waals surface area contributed by atoms with Gasteiger partial charge >= 0.3 is 5.97 Å². The van der Waals surface area contributed by atoms with E-state index < -0.39 is 5.97 Å². The Bertz CT molecular complexity index is 349. The molecule has 0 fully saturated rings. The minimum Gasteiger partial charge on any atom is -0.463 e. The van der Waals surface area contributed by atoms with Gasteiger partial charge in [0.1, 0.15) is 0 Å². The van der Waals surface area contributed by atoms with E-state index >= 15 is 0 Å². The number of aromatic nitrogens is 1. The van der Waals surface area contributed by atoms with Gasteiger partial charge in [0.25, 0.3) is 0 Å². The van der Waals surface area contributed by atoms with Crippen molar-refractivity contribution in [3.8, 4) is 0 Å². The monoisotopic (exact) mass is 221 g/mol. The van der Waals surface area contributed by atoms with E-state index in [0.29, 0.717) is 18.8 Å². The maximum atomic E-state index is 11.2. The fourth-order valence-electron chi connectivity index (χ4n) is 1.06. The maximum Gasteiger partial charge on any atom is 0.335 e. The Balaban J connectivity index is 2.26. The summed E-state index contributed by atoms with van der Waals surface area (Å²) >= 11 is 0. The number of carbonyl (C=O) groups excluding carboxylic acids is 1. The van der Waals surface area contributed by atoms with Crippen molar-refractivity contribution in [3.05, 3.63) is 42.2 Å². The highest BCUT2D eigenvalue weighted by atomic mass is 16.5. The minimum absolute atomic E-state index is 0.182. The van der Waals surface area contributed by atoms with Gasteiger partial charge in [0, 0.05) is 12.4 Å². The molecule has 0 amide bonds. The molecule has 4 nitrogen and oxygen atoms in total. The molecule has 1 aromatic rings. The fourth-order valence-corrected chi connectivity index (χ4v) is 1.06. The zero-order valence-corrected chi connectivity index (χ0v) is 9.31.